The highest BCUT2D eigenvalue weighted by molar-refractivity contribution is 5.82. The summed E-state index contributed by atoms with van der Waals surface area (Å²) < 4.78 is 33.1. The number of ether oxygens (including phenoxy) is 1. The lowest BCUT2D eigenvalue weighted by Crippen LogP contribution is -2.20. The molecule has 1 aromatic carbocycles. The molecule has 2 heterocycles. The predicted octanol–water partition coefficient (Wildman–Crippen LogP) is 2.85. The summed E-state index contributed by atoms with van der Waals surface area (Å²) in [5.74, 6) is -0.331. The summed E-state index contributed by atoms with van der Waals surface area (Å²) in [6.45, 7) is 2.41. The fourth-order valence-corrected chi connectivity index (χ4v) is 2.70. The van der Waals surface area contributed by atoms with Crippen molar-refractivity contribution in [1.82, 2.24) is 14.8 Å². The Balaban J connectivity index is 1.75. The van der Waals surface area contributed by atoms with Gasteiger partial charge in [-0.3, -0.25) is 5.32 Å². The molecule has 0 fully saturated rings. The number of rotatable bonds is 3. The fraction of sp³-hybridized carbons (Fsp3) is 0.400. The number of halogens is 2. The SMILES string of the molecule is CCOC(=O)Nc1nc2n(n1)CC(c1cc(F)cc(F)c1)CC2. The van der Waals surface area contributed by atoms with E-state index in [1.165, 1.54) is 12.1 Å². The van der Waals surface area contributed by atoms with Crippen LogP contribution in [-0.4, -0.2) is 27.5 Å². The highest BCUT2D eigenvalue weighted by Crippen LogP contribution is 2.29. The third-order valence-electron chi connectivity index (χ3n) is 3.70. The number of fused-ring (bicyclic) bond motifs is 1. The Morgan fingerprint density at radius 2 is 2.13 bits per heavy atom. The van der Waals surface area contributed by atoms with Gasteiger partial charge in [-0.1, -0.05) is 0 Å². The zero-order valence-electron chi connectivity index (χ0n) is 12.6. The molecule has 0 spiro atoms. The number of benzene rings is 1. The maximum Gasteiger partial charge on any atom is 0.414 e. The van der Waals surface area contributed by atoms with Crippen LogP contribution in [0.15, 0.2) is 18.2 Å². The Kier molecular flexibility index (Phi) is 4.22. The van der Waals surface area contributed by atoms with Gasteiger partial charge in [0.1, 0.15) is 17.5 Å². The average Bonchev–Trinajstić information content (AvgIpc) is 2.87. The first-order valence-corrected chi connectivity index (χ1v) is 7.38. The van der Waals surface area contributed by atoms with Crippen LogP contribution in [0.1, 0.15) is 30.7 Å². The van der Waals surface area contributed by atoms with Crippen molar-refractivity contribution in [3.8, 4) is 0 Å². The van der Waals surface area contributed by atoms with Crippen LogP contribution in [0.25, 0.3) is 0 Å². The Morgan fingerprint density at radius 1 is 1.39 bits per heavy atom. The second kappa shape index (κ2) is 6.31. The molecule has 1 aliphatic rings. The van der Waals surface area contributed by atoms with Gasteiger partial charge >= 0.3 is 6.09 Å². The van der Waals surface area contributed by atoms with Crippen LogP contribution in [0, 0.1) is 11.6 Å². The van der Waals surface area contributed by atoms with Gasteiger partial charge in [-0.2, -0.15) is 4.98 Å². The molecule has 1 aliphatic heterocycles. The van der Waals surface area contributed by atoms with E-state index in [1.54, 1.807) is 11.6 Å². The van der Waals surface area contributed by atoms with Crippen molar-refractivity contribution < 1.29 is 18.3 Å². The molecule has 0 saturated heterocycles. The average molecular weight is 322 g/mol. The first kappa shape index (κ1) is 15.4. The Bertz CT molecular complexity index is 712. The molecule has 1 unspecified atom stereocenters. The van der Waals surface area contributed by atoms with Crippen LogP contribution in [-0.2, 0) is 17.7 Å². The third-order valence-corrected chi connectivity index (χ3v) is 3.70. The van der Waals surface area contributed by atoms with E-state index in [-0.39, 0.29) is 18.5 Å². The van der Waals surface area contributed by atoms with Gasteiger partial charge < -0.3 is 4.74 Å². The maximum atomic E-state index is 13.4. The van der Waals surface area contributed by atoms with Gasteiger partial charge in [-0.25, -0.2) is 18.3 Å². The number of anilines is 1. The molecule has 0 radical (unpaired) electrons. The molecule has 1 amide bonds. The molecule has 0 aliphatic carbocycles. The molecular weight excluding hydrogens is 306 g/mol. The largest absolute Gasteiger partial charge is 0.450 e. The number of hydrogen-bond donors (Lipinski definition) is 1. The van der Waals surface area contributed by atoms with Crippen LogP contribution >= 0.6 is 0 Å². The smallest absolute Gasteiger partial charge is 0.414 e. The van der Waals surface area contributed by atoms with Crippen LogP contribution in [0.3, 0.4) is 0 Å². The monoisotopic (exact) mass is 322 g/mol. The summed E-state index contributed by atoms with van der Waals surface area (Å²) in [4.78, 5) is 15.6. The lowest BCUT2D eigenvalue weighted by atomic mass is 9.91. The highest BCUT2D eigenvalue weighted by Gasteiger charge is 2.24. The summed E-state index contributed by atoms with van der Waals surface area (Å²) in [5.41, 5.74) is 0.601. The van der Waals surface area contributed by atoms with E-state index in [0.29, 0.717) is 24.9 Å². The summed E-state index contributed by atoms with van der Waals surface area (Å²) in [6, 6.07) is 3.54. The standard InChI is InChI=1S/C15H16F2N4O2/c1-2-23-15(22)19-14-18-13-4-3-9(8-21(13)20-14)10-5-11(16)7-12(17)6-10/h5-7,9H,2-4,8H2,1H3,(H,19,20,22). The molecule has 3 rings (SSSR count). The minimum Gasteiger partial charge on any atom is -0.450 e. The van der Waals surface area contributed by atoms with E-state index < -0.39 is 17.7 Å². The number of nitrogens with zero attached hydrogens (tertiary/aromatic N) is 3. The number of aryl methyl sites for hydroxylation is 1. The molecule has 0 bridgehead atoms. The molecule has 6 nitrogen and oxygen atoms in total. The minimum absolute atomic E-state index is 0.0511. The van der Waals surface area contributed by atoms with E-state index >= 15 is 0 Å². The van der Waals surface area contributed by atoms with Crippen molar-refractivity contribution in [2.24, 2.45) is 0 Å². The van der Waals surface area contributed by atoms with Crippen molar-refractivity contribution in [3.05, 3.63) is 41.2 Å². The van der Waals surface area contributed by atoms with E-state index in [2.05, 4.69) is 15.4 Å². The van der Waals surface area contributed by atoms with Crippen molar-refractivity contribution in [3.63, 3.8) is 0 Å². The molecule has 8 heteroatoms. The van der Waals surface area contributed by atoms with Crippen molar-refractivity contribution in [2.45, 2.75) is 32.2 Å². The van der Waals surface area contributed by atoms with Crippen LogP contribution in [0.4, 0.5) is 19.5 Å². The van der Waals surface area contributed by atoms with Gasteiger partial charge in [0.25, 0.3) is 5.95 Å². The number of carbonyl (C=O) groups excluding carboxylic acids is 1. The van der Waals surface area contributed by atoms with Crippen molar-refractivity contribution >= 4 is 12.0 Å². The molecule has 1 atom stereocenters. The molecule has 2 aromatic rings. The van der Waals surface area contributed by atoms with Gasteiger partial charge in [0, 0.05) is 24.9 Å². The number of carbonyl (C=O) groups is 1. The van der Waals surface area contributed by atoms with Gasteiger partial charge in [-0.15, -0.1) is 5.10 Å². The summed E-state index contributed by atoms with van der Waals surface area (Å²) in [5, 5.41) is 6.65. The number of aromatic nitrogens is 3. The summed E-state index contributed by atoms with van der Waals surface area (Å²) in [6.07, 6.45) is 0.708. The van der Waals surface area contributed by atoms with Crippen LogP contribution in [0.5, 0.6) is 0 Å². The van der Waals surface area contributed by atoms with Gasteiger partial charge in [-0.05, 0) is 31.0 Å². The number of hydrogen-bond acceptors (Lipinski definition) is 4. The Labute approximate surface area is 131 Å². The molecule has 122 valence electrons. The second-order valence-corrected chi connectivity index (χ2v) is 5.32. The first-order chi connectivity index (χ1) is 11.0. The highest BCUT2D eigenvalue weighted by atomic mass is 19.1. The van der Waals surface area contributed by atoms with E-state index in [4.69, 9.17) is 4.74 Å². The third kappa shape index (κ3) is 3.46. The molecule has 0 saturated carbocycles. The predicted molar refractivity (Wildman–Crippen MR) is 78.1 cm³/mol. The van der Waals surface area contributed by atoms with Crippen molar-refractivity contribution in [2.75, 3.05) is 11.9 Å². The van der Waals surface area contributed by atoms with E-state index in [1.807, 2.05) is 0 Å². The Hall–Kier alpha value is -2.51. The normalized spacial score (nSPS) is 16.7. The molecule has 23 heavy (non-hydrogen) atoms. The fourth-order valence-electron chi connectivity index (χ4n) is 2.70. The van der Waals surface area contributed by atoms with Gasteiger partial charge in [0.05, 0.1) is 6.61 Å². The topological polar surface area (TPSA) is 69.0 Å². The molecule has 1 N–H and O–H groups in total. The second-order valence-electron chi connectivity index (χ2n) is 5.32. The van der Waals surface area contributed by atoms with Gasteiger partial charge in [0.2, 0.25) is 0 Å². The zero-order valence-corrected chi connectivity index (χ0v) is 12.6. The van der Waals surface area contributed by atoms with Crippen LogP contribution in [0.2, 0.25) is 0 Å². The maximum absolute atomic E-state index is 13.4. The quantitative estimate of drug-likeness (QED) is 0.943. The molecule has 1 aromatic heterocycles. The van der Waals surface area contributed by atoms with Crippen LogP contribution < -0.4 is 5.32 Å². The first-order valence-electron chi connectivity index (χ1n) is 7.38. The Morgan fingerprint density at radius 3 is 2.83 bits per heavy atom. The number of nitrogens with one attached hydrogen (secondary N) is 1. The zero-order chi connectivity index (χ0) is 16.4. The van der Waals surface area contributed by atoms with E-state index in [0.717, 1.165) is 11.9 Å². The summed E-state index contributed by atoms with van der Waals surface area (Å²) in [7, 11) is 0. The van der Waals surface area contributed by atoms with Crippen molar-refractivity contribution in [1.29, 1.82) is 0 Å². The minimum atomic E-state index is -0.612. The van der Waals surface area contributed by atoms with Gasteiger partial charge in [0.15, 0.2) is 0 Å². The lowest BCUT2D eigenvalue weighted by molar-refractivity contribution is 0.167. The van der Waals surface area contributed by atoms with E-state index in [9.17, 15) is 13.6 Å². The number of amides is 1. The summed E-state index contributed by atoms with van der Waals surface area (Å²) >= 11 is 0. The molecular formula is C15H16F2N4O2. The lowest BCUT2D eigenvalue weighted by Gasteiger charge is -2.22.